The summed E-state index contributed by atoms with van der Waals surface area (Å²) in [6.07, 6.45) is -5.04. The number of nitrogens with zero attached hydrogens (tertiary/aromatic N) is 2. The predicted molar refractivity (Wildman–Crippen MR) is 47.2 cm³/mol. The first-order valence-electron chi connectivity index (χ1n) is 4.28. The molecule has 0 N–H and O–H groups in total. The van der Waals surface area contributed by atoms with E-state index in [-0.39, 0.29) is 6.54 Å². The molecule has 1 saturated heterocycles. The van der Waals surface area contributed by atoms with E-state index in [4.69, 9.17) is 11.6 Å². The van der Waals surface area contributed by atoms with Crippen molar-refractivity contribution in [3.8, 4) is 0 Å². The Kier molecular flexibility index (Phi) is 3.44. The van der Waals surface area contributed by atoms with Crippen LogP contribution in [0.25, 0.3) is 0 Å². The first kappa shape index (κ1) is 12.5. The summed E-state index contributed by atoms with van der Waals surface area (Å²) >= 11 is 5.57. The number of hydrogen-bond acceptors (Lipinski definition) is 3. The molecule has 0 saturated carbocycles. The number of alkyl halides is 4. The van der Waals surface area contributed by atoms with Crippen molar-refractivity contribution in [2.45, 2.75) is 24.1 Å². The van der Waals surface area contributed by atoms with Crippen LogP contribution in [0.3, 0.4) is 0 Å². The number of piperidine rings is 1. The Balaban J connectivity index is 2.82. The van der Waals surface area contributed by atoms with Gasteiger partial charge in [-0.3, -0.25) is 15.0 Å². The molecule has 88 valence electrons. The zero-order chi connectivity index (χ0) is 11.8. The van der Waals surface area contributed by atoms with Gasteiger partial charge in [0.1, 0.15) is 0 Å². The monoisotopic (exact) mass is 246 g/mol. The highest BCUT2D eigenvalue weighted by atomic mass is 35.5. The van der Waals surface area contributed by atoms with Crippen LogP contribution in [-0.2, 0) is 0 Å². The highest BCUT2D eigenvalue weighted by molar-refractivity contribution is 6.20. The normalized spacial score (nSPS) is 34.1. The molecule has 4 nitrogen and oxygen atoms in total. The summed E-state index contributed by atoms with van der Waals surface area (Å²) in [4.78, 5) is 10.9. The van der Waals surface area contributed by atoms with Gasteiger partial charge in [0.15, 0.2) is 0 Å². The lowest BCUT2D eigenvalue weighted by molar-refractivity contribution is -0.530. The van der Waals surface area contributed by atoms with E-state index in [1.54, 1.807) is 0 Å². The number of nitro groups is 1. The Labute approximate surface area is 89.1 Å². The third-order valence-corrected chi connectivity index (χ3v) is 3.13. The smallest absolute Gasteiger partial charge is 0.283 e. The van der Waals surface area contributed by atoms with Gasteiger partial charge in [-0.15, -0.1) is 11.6 Å². The maximum atomic E-state index is 12.5. The highest BCUT2D eigenvalue weighted by Crippen LogP contribution is 2.39. The van der Waals surface area contributed by atoms with E-state index in [1.807, 2.05) is 0 Å². The second-order valence-corrected chi connectivity index (χ2v) is 4.08. The molecule has 0 aromatic carbocycles. The number of hydrogen-bond donors (Lipinski definition) is 0. The topological polar surface area (TPSA) is 46.4 Å². The van der Waals surface area contributed by atoms with Crippen LogP contribution in [0.1, 0.15) is 6.42 Å². The molecule has 1 heterocycles. The number of likely N-dealkylation sites (N-methyl/N-ethyl adjacent to an activating group) is 1. The van der Waals surface area contributed by atoms with Crippen molar-refractivity contribution in [1.82, 2.24) is 4.90 Å². The van der Waals surface area contributed by atoms with Crippen LogP contribution in [0.15, 0.2) is 0 Å². The van der Waals surface area contributed by atoms with Gasteiger partial charge in [-0.1, -0.05) is 0 Å². The fourth-order valence-corrected chi connectivity index (χ4v) is 1.99. The third-order valence-electron chi connectivity index (χ3n) is 2.50. The standard InChI is InChI=1S/C7H10ClF3N2O2/c1-12-3-4(13(14)15)2-5(6(12)8)7(9,10)11/h4-6H,2-3H2,1H3. The maximum Gasteiger partial charge on any atom is 0.394 e. The van der Waals surface area contributed by atoms with Gasteiger partial charge in [-0.05, 0) is 7.05 Å². The van der Waals surface area contributed by atoms with Gasteiger partial charge in [0.2, 0.25) is 6.04 Å². The van der Waals surface area contributed by atoms with E-state index in [9.17, 15) is 23.3 Å². The minimum atomic E-state index is -4.49. The summed E-state index contributed by atoms with van der Waals surface area (Å²) in [5, 5.41) is 10.4. The summed E-state index contributed by atoms with van der Waals surface area (Å²) < 4.78 is 37.4. The van der Waals surface area contributed by atoms with E-state index in [0.29, 0.717) is 0 Å². The van der Waals surface area contributed by atoms with E-state index in [1.165, 1.54) is 7.05 Å². The Bertz CT molecular complexity index is 261. The summed E-state index contributed by atoms with van der Waals surface area (Å²) in [5.41, 5.74) is -1.22. The summed E-state index contributed by atoms with van der Waals surface area (Å²) in [5.74, 6) is -1.84. The molecule has 0 amide bonds. The lowest BCUT2D eigenvalue weighted by atomic mass is 9.94. The molecule has 0 bridgehead atoms. The highest BCUT2D eigenvalue weighted by Gasteiger charge is 2.51. The molecule has 3 unspecified atom stereocenters. The van der Waals surface area contributed by atoms with Gasteiger partial charge >= 0.3 is 6.18 Å². The molecular weight excluding hydrogens is 237 g/mol. The van der Waals surface area contributed by atoms with Gasteiger partial charge in [0, 0.05) is 11.3 Å². The minimum Gasteiger partial charge on any atom is -0.283 e. The average molecular weight is 247 g/mol. The number of rotatable bonds is 1. The lowest BCUT2D eigenvalue weighted by Crippen LogP contribution is -2.52. The van der Waals surface area contributed by atoms with Crippen LogP contribution in [-0.4, -0.2) is 41.1 Å². The van der Waals surface area contributed by atoms with Crippen LogP contribution >= 0.6 is 11.6 Å². The molecule has 15 heavy (non-hydrogen) atoms. The fraction of sp³-hybridized carbons (Fsp3) is 1.00. The van der Waals surface area contributed by atoms with Gasteiger partial charge in [-0.2, -0.15) is 13.2 Å². The molecule has 1 rings (SSSR count). The number of likely N-dealkylation sites (tertiary alicyclic amines) is 1. The molecule has 1 aliphatic heterocycles. The quantitative estimate of drug-likeness (QED) is 0.306. The molecule has 0 spiro atoms. The van der Waals surface area contributed by atoms with Crippen molar-refractivity contribution in [3.63, 3.8) is 0 Å². The van der Waals surface area contributed by atoms with Crippen LogP contribution in [0.5, 0.6) is 0 Å². The second kappa shape index (κ2) is 4.13. The van der Waals surface area contributed by atoms with Crippen LogP contribution < -0.4 is 0 Å². The zero-order valence-corrected chi connectivity index (χ0v) is 8.62. The van der Waals surface area contributed by atoms with E-state index < -0.39 is 35.0 Å². The minimum absolute atomic E-state index is 0.0479. The molecular formula is C7H10ClF3N2O2. The van der Waals surface area contributed by atoms with Crippen molar-refractivity contribution in [2.75, 3.05) is 13.6 Å². The van der Waals surface area contributed by atoms with Gasteiger partial charge in [-0.25, -0.2) is 0 Å². The first-order valence-corrected chi connectivity index (χ1v) is 4.71. The second-order valence-electron chi connectivity index (χ2n) is 3.64. The Morgan fingerprint density at radius 3 is 2.47 bits per heavy atom. The molecule has 8 heteroatoms. The van der Waals surface area contributed by atoms with Gasteiger partial charge in [0.25, 0.3) is 0 Å². The summed E-state index contributed by atoms with van der Waals surface area (Å²) in [6.45, 7) is -0.0479. The largest absolute Gasteiger partial charge is 0.394 e. The molecule has 0 aliphatic carbocycles. The van der Waals surface area contributed by atoms with E-state index in [2.05, 4.69) is 0 Å². The van der Waals surface area contributed by atoms with Crippen LogP contribution in [0.2, 0.25) is 0 Å². The molecule has 1 aliphatic rings. The van der Waals surface area contributed by atoms with Crippen LogP contribution in [0.4, 0.5) is 13.2 Å². The Morgan fingerprint density at radius 2 is 2.07 bits per heavy atom. The molecule has 1 fully saturated rings. The average Bonchev–Trinajstić information content (AvgIpc) is 2.06. The van der Waals surface area contributed by atoms with Crippen molar-refractivity contribution in [3.05, 3.63) is 10.1 Å². The SMILES string of the molecule is CN1CC([N+](=O)[O-])CC(C(F)(F)F)C1Cl. The Morgan fingerprint density at radius 1 is 1.53 bits per heavy atom. The summed E-state index contributed by atoms with van der Waals surface area (Å²) in [6, 6.07) is -1.20. The van der Waals surface area contributed by atoms with Crippen molar-refractivity contribution in [2.24, 2.45) is 5.92 Å². The summed E-state index contributed by atoms with van der Waals surface area (Å²) in [7, 11) is 1.35. The maximum absolute atomic E-state index is 12.5. The molecule has 0 radical (unpaired) electrons. The van der Waals surface area contributed by atoms with Crippen molar-refractivity contribution in [1.29, 1.82) is 0 Å². The number of halogens is 4. The first-order chi connectivity index (χ1) is 6.73. The van der Waals surface area contributed by atoms with Gasteiger partial charge < -0.3 is 0 Å². The van der Waals surface area contributed by atoms with E-state index in [0.717, 1.165) is 4.90 Å². The van der Waals surface area contributed by atoms with Gasteiger partial charge in [0.05, 0.1) is 18.0 Å². The Hall–Kier alpha value is -0.560. The molecule has 0 aromatic heterocycles. The van der Waals surface area contributed by atoms with Crippen molar-refractivity contribution >= 4 is 11.6 Å². The fourth-order valence-electron chi connectivity index (χ4n) is 1.66. The van der Waals surface area contributed by atoms with Crippen molar-refractivity contribution < 1.29 is 18.1 Å². The lowest BCUT2D eigenvalue weighted by Gasteiger charge is -2.36. The van der Waals surface area contributed by atoms with E-state index >= 15 is 0 Å². The van der Waals surface area contributed by atoms with Crippen LogP contribution in [0, 0.1) is 16.0 Å². The zero-order valence-electron chi connectivity index (χ0n) is 7.87. The molecule has 3 atom stereocenters. The predicted octanol–water partition coefficient (Wildman–Crippen LogP) is 1.71. The molecule has 0 aromatic rings. The third kappa shape index (κ3) is 2.72.